The maximum Gasteiger partial charge on any atom is 0.298 e. The smallest absolute Gasteiger partial charge is 0.298 e. The van der Waals surface area contributed by atoms with Crippen LogP contribution in [0.2, 0.25) is 0 Å². The van der Waals surface area contributed by atoms with E-state index in [1.807, 2.05) is 0 Å². The summed E-state index contributed by atoms with van der Waals surface area (Å²) < 4.78 is 75.7. The average molecular weight is 464 g/mol. The van der Waals surface area contributed by atoms with Gasteiger partial charge in [0.15, 0.2) is 5.78 Å². The molecule has 2 rings (SSSR count). The number of ether oxygens (including phenoxy) is 2. The third kappa shape index (κ3) is 3.64. The first-order chi connectivity index (χ1) is 13.8. The molecule has 0 saturated carbocycles. The zero-order valence-electron chi connectivity index (χ0n) is 15.8. The molecule has 0 unspecified atom stereocenters. The molecule has 0 spiro atoms. The number of allylic oxidation sites excluding steroid dienone is 1. The van der Waals surface area contributed by atoms with E-state index in [1.54, 1.807) is 0 Å². The summed E-state index contributed by atoms with van der Waals surface area (Å²) in [6, 6.07) is 4.98. The largest absolute Gasteiger partial charge is 0.507 e. The molecule has 1 aromatic carbocycles. The molecule has 0 aliphatic heterocycles. The SMILES string of the molecule is CCOC1(OCC)C=C(O)C(C(=O)c2ccccc2O)=CC1(S(=O)(=O)O)S(=O)(=O)O. The minimum Gasteiger partial charge on any atom is -0.507 e. The third-order valence-corrected chi connectivity index (χ3v) is 7.90. The van der Waals surface area contributed by atoms with Crippen molar-refractivity contribution < 1.29 is 50.4 Å². The van der Waals surface area contributed by atoms with E-state index >= 15 is 0 Å². The number of phenols is 1. The lowest BCUT2D eigenvalue weighted by Gasteiger charge is -2.43. The van der Waals surface area contributed by atoms with Gasteiger partial charge in [-0.1, -0.05) is 12.1 Å². The van der Waals surface area contributed by atoms with E-state index in [1.165, 1.54) is 26.0 Å². The van der Waals surface area contributed by atoms with Gasteiger partial charge in [0.2, 0.25) is 5.79 Å². The molecule has 11 nitrogen and oxygen atoms in total. The van der Waals surface area contributed by atoms with Crippen molar-refractivity contribution in [2.75, 3.05) is 13.2 Å². The Kier molecular flexibility index (Phi) is 6.47. The molecule has 0 bridgehead atoms. The lowest BCUT2D eigenvalue weighted by Crippen LogP contribution is -2.65. The fourth-order valence-electron chi connectivity index (χ4n) is 3.11. The zero-order chi connectivity index (χ0) is 23.0. The minimum absolute atomic E-state index is 0.132. The van der Waals surface area contributed by atoms with Crippen LogP contribution in [0.15, 0.2) is 47.7 Å². The second-order valence-electron chi connectivity index (χ2n) is 6.09. The van der Waals surface area contributed by atoms with Gasteiger partial charge in [-0.25, -0.2) is 0 Å². The third-order valence-electron chi connectivity index (χ3n) is 4.30. The average Bonchev–Trinajstić information content (AvgIpc) is 2.60. The number of aliphatic hydroxyl groups is 1. The van der Waals surface area contributed by atoms with Crippen molar-refractivity contribution >= 4 is 26.0 Å². The van der Waals surface area contributed by atoms with Crippen molar-refractivity contribution in [3.05, 3.63) is 53.3 Å². The van der Waals surface area contributed by atoms with E-state index < -0.39 is 58.5 Å². The number of carbonyl (C=O) groups excluding carboxylic acids is 1. The summed E-state index contributed by atoms with van der Waals surface area (Å²) in [6.45, 7) is 1.90. The first-order valence-corrected chi connectivity index (χ1v) is 11.4. The van der Waals surface area contributed by atoms with Crippen LogP contribution in [0.5, 0.6) is 5.75 Å². The van der Waals surface area contributed by atoms with Crippen molar-refractivity contribution in [2.24, 2.45) is 0 Å². The lowest BCUT2D eigenvalue weighted by molar-refractivity contribution is -0.204. The van der Waals surface area contributed by atoms with Crippen molar-refractivity contribution in [1.82, 2.24) is 0 Å². The summed E-state index contributed by atoms with van der Waals surface area (Å²) in [7, 11) is -11.6. The van der Waals surface area contributed by atoms with Crippen LogP contribution in [0.3, 0.4) is 0 Å². The van der Waals surface area contributed by atoms with Crippen molar-refractivity contribution in [2.45, 2.75) is 23.7 Å². The molecule has 1 aliphatic rings. The molecule has 0 radical (unpaired) electrons. The van der Waals surface area contributed by atoms with E-state index in [0.717, 1.165) is 12.1 Å². The minimum atomic E-state index is -5.81. The number of rotatable bonds is 8. The Balaban J connectivity index is 2.96. The van der Waals surface area contributed by atoms with Gasteiger partial charge >= 0.3 is 0 Å². The molecule has 0 saturated heterocycles. The van der Waals surface area contributed by atoms with E-state index in [2.05, 4.69) is 0 Å². The van der Waals surface area contributed by atoms with Crippen LogP contribution in [-0.2, 0) is 29.7 Å². The molecule has 0 fully saturated rings. The van der Waals surface area contributed by atoms with E-state index in [4.69, 9.17) is 9.47 Å². The number of benzene rings is 1. The van der Waals surface area contributed by atoms with Gasteiger partial charge in [-0.3, -0.25) is 13.9 Å². The summed E-state index contributed by atoms with van der Waals surface area (Å²) in [6.07, 6.45) is 0.585. The molecule has 0 atom stereocenters. The molecule has 166 valence electrons. The number of aromatic hydroxyl groups is 1. The summed E-state index contributed by atoms with van der Waals surface area (Å²) >= 11 is 0. The lowest BCUT2D eigenvalue weighted by atomic mass is 9.92. The highest BCUT2D eigenvalue weighted by Gasteiger charge is 2.71. The van der Waals surface area contributed by atoms with Gasteiger partial charge in [-0.15, -0.1) is 0 Å². The van der Waals surface area contributed by atoms with Crippen LogP contribution in [0, 0.1) is 0 Å². The number of phenolic OH excluding ortho intramolecular Hbond substituents is 1. The van der Waals surface area contributed by atoms with Crippen LogP contribution in [-0.4, -0.2) is 65.0 Å². The van der Waals surface area contributed by atoms with Crippen molar-refractivity contribution in [3.8, 4) is 5.75 Å². The zero-order valence-corrected chi connectivity index (χ0v) is 17.5. The standard InChI is InChI=1S/C17H20O11S2/c1-3-27-16(28-4-2)10-14(19)12(15(20)11-7-5-6-8-13(11)18)9-17(16,29(21,22)23)30(24,25)26/h5-10,18-19H,3-4H2,1-2H3,(H,21,22,23)(H,24,25,26). The molecule has 4 N–H and O–H groups in total. The Bertz CT molecular complexity index is 1080. The monoisotopic (exact) mass is 464 g/mol. The predicted molar refractivity (Wildman–Crippen MR) is 103 cm³/mol. The van der Waals surface area contributed by atoms with E-state index in [0.29, 0.717) is 6.08 Å². The summed E-state index contributed by atoms with van der Waals surface area (Å²) in [5.74, 6) is -5.65. The Morgan fingerprint density at radius 2 is 1.43 bits per heavy atom. The Morgan fingerprint density at radius 1 is 0.933 bits per heavy atom. The second-order valence-corrected chi connectivity index (χ2v) is 9.53. The number of Topliss-reactive ketones (excluding diaryl/α,β-unsaturated/α-hetero) is 1. The van der Waals surface area contributed by atoms with Crippen LogP contribution in [0.1, 0.15) is 24.2 Å². The topological polar surface area (TPSA) is 185 Å². The molecule has 13 heteroatoms. The number of aliphatic hydroxyl groups excluding tert-OH is 1. The van der Waals surface area contributed by atoms with Gasteiger partial charge in [0.1, 0.15) is 11.5 Å². The fraction of sp³-hybridized carbons (Fsp3) is 0.353. The normalized spacial score (nSPS) is 18.4. The summed E-state index contributed by atoms with van der Waals surface area (Å²) in [5, 5.41) is 20.3. The Hall–Kier alpha value is -2.29. The quantitative estimate of drug-likeness (QED) is 0.246. The summed E-state index contributed by atoms with van der Waals surface area (Å²) in [4.78, 5) is 12.8. The van der Waals surface area contributed by atoms with Crippen LogP contribution < -0.4 is 0 Å². The predicted octanol–water partition coefficient (Wildman–Crippen LogP) is 1.20. The van der Waals surface area contributed by atoms with Gasteiger partial charge in [0.25, 0.3) is 24.3 Å². The Labute approximate surface area is 172 Å². The van der Waals surface area contributed by atoms with Crippen molar-refractivity contribution in [1.29, 1.82) is 0 Å². The van der Waals surface area contributed by atoms with E-state index in [-0.39, 0.29) is 19.3 Å². The first-order valence-electron chi connectivity index (χ1n) is 8.47. The first kappa shape index (κ1) is 24.0. The molecule has 1 aliphatic carbocycles. The molecule has 0 amide bonds. The van der Waals surface area contributed by atoms with Gasteiger partial charge < -0.3 is 19.7 Å². The van der Waals surface area contributed by atoms with Gasteiger partial charge in [-0.2, -0.15) is 16.8 Å². The van der Waals surface area contributed by atoms with Gasteiger partial charge in [0, 0.05) is 19.3 Å². The molecule has 1 aromatic rings. The second kappa shape index (κ2) is 8.09. The molecule has 0 heterocycles. The van der Waals surface area contributed by atoms with Gasteiger partial charge in [0.05, 0.1) is 11.1 Å². The number of hydrogen-bond donors (Lipinski definition) is 4. The number of ketones is 1. The maximum atomic E-state index is 12.8. The van der Waals surface area contributed by atoms with Crippen molar-refractivity contribution in [3.63, 3.8) is 0 Å². The van der Waals surface area contributed by atoms with Crippen LogP contribution in [0.4, 0.5) is 0 Å². The fourth-order valence-corrected chi connectivity index (χ4v) is 5.78. The highest BCUT2D eigenvalue weighted by molar-refractivity contribution is 8.05. The molecular formula is C17H20O11S2. The highest BCUT2D eigenvalue weighted by Crippen LogP contribution is 2.47. The molecular weight excluding hydrogens is 444 g/mol. The molecule has 0 aromatic heterocycles. The number of para-hydroxylation sites is 1. The van der Waals surface area contributed by atoms with Crippen LogP contribution >= 0.6 is 0 Å². The highest BCUT2D eigenvalue weighted by atomic mass is 32.3. The van der Waals surface area contributed by atoms with E-state index in [9.17, 15) is 40.9 Å². The molecule has 30 heavy (non-hydrogen) atoms. The maximum absolute atomic E-state index is 12.8. The Morgan fingerprint density at radius 3 is 1.87 bits per heavy atom. The van der Waals surface area contributed by atoms with Gasteiger partial charge in [-0.05, 0) is 32.1 Å². The number of hydrogen-bond acceptors (Lipinski definition) is 9. The van der Waals surface area contributed by atoms with Crippen LogP contribution in [0.25, 0.3) is 0 Å². The number of carbonyl (C=O) groups is 1. The summed E-state index contributed by atoms with van der Waals surface area (Å²) in [5.41, 5.74) is -1.36.